The zero-order chi connectivity index (χ0) is 28.5. The van der Waals surface area contributed by atoms with Crippen molar-refractivity contribution in [2.24, 2.45) is 0 Å². The van der Waals surface area contributed by atoms with Crippen molar-refractivity contribution in [3.05, 3.63) is 90.0 Å². The maximum atomic E-state index is 13.5. The van der Waals surface area contributed by atoms with Gasteiger partial charge in [0.15, 0.2) is 5.11 Å². The highest BCUT2D eigenvalue weighted by Crippen LogP contribution is 2.23. The van der Waals surface area contributed by atoms with Crippen LogP contribution in [0.15, 0.2) is 78.9 Å². The van der Waals surface area contributed by atoms with Crippen LogP contribution in [0.4, 0.5) is 5.69 Å². The zero-order valence-corrected chi connectivity index (χ0v) is 23.3. The van der Waals surface area contributed by atoms with Crippen molar-refractivity contribution in [1.29, 1.82) is 0 Å². The average molecular weight is 561 g/mol. The molecule has 1 atom stereocenters. The van der Waals surface area contributed by atoms with Gasteiger partial charge in [-0.25, -0.2) is 5.01 Å². The molecule has 1 fully saturated rings. The molecule has 9 nitrogen and oxygen atoms in total. The molecular formula is C30H32N4O5S. The van der Waals surface area contributed by atoms with Crippen LogP contribution >= 0.6 is 12.2 Å². The van der Waals surface area contributed by atoms with E-state index in [-0.39, 0.29) is 42.2 Å². The standard InChI is InChI=1S/C30H32N4O5S/c1-3-17-39-25-15-11-23(12-16-25)31-27(35)19-26-29(37)33(20-22-7-5-4-6-8-22)30(40)34(26)32-28(36)18-21-9-13-24(38-2)14-10-21/h4-16,26H,3,17-20H2,1-2H3,(H,31,35)(H,32,36). The van der Waals surface area contributed by atoms with Gasteiger partial charge >= 0.3 is 0 Å². The van der Waals surface area contributed by atoms with Gasteiger partial charge in [-0.1, -0.05) is 49.4 Å². The first kappa shape index (κ1) is 28.6. The molecule has 1 aliphatic heterocycles. The Bertz CT molecular complexity index is 1330. The smallest absolute Gasteiger partial charge is 0.254 e. The van der Waals surface area contributed by atoms with E-state index in [0.29, 0.717) is 23.8 Å². The van der Waals surface area contributed by atoms with E-state index in [4.69, 9.17) is 21.7 Å². The number of thiocarbonyl (C=S) groups is 1. The molecule has 2 N–H and O–H groups in total. The summed E-state index contributed by atoms with van der Waals surface area (Å²) in [5, 5.41) is 4.28. The lowest BCUT2D eigenvalue weighted by Gasteiger charge is -2.24. The molecule has 0 aliphatic carbocycles. The van der Waals surface area contributed by atoms with E-state index in [1.54, 1.807) is 55.6 Å². The monoisotopic (exact) mass is 560 g/mol. The highest BCUT2D eigenvalue weighted by molar-refractivity contribution is 7.80. The molecule has 0 radical (unpaired) electrons. The molecule has 1 unspecified atom stereocenters. The molecule has 0 spiro atoms. The molecular weight excluding hydrogens is 528 g/mol. The van der Waals surface area contributed by atoms with Crippen LogP contribution in [0.3, 0.4) is 0 Å². The molecule has 1 aliphatic rings. The first-order valence-electron chi connectivity index (χ1n) is 13.0. The average Bonchev–Trinajstić information content (AvgIpc) is 3.17. The second-order valence-corrected chi connectivity index (χ2v) is 9.63. The SMILES string of the molecule is CCCOc1ccc(NC(=O)CC2C(=O)N(Cc3ccccc3)C(=S)N2NC(=O)Cc2ccc(OC)cc2)cc1. The van der Waals surface area contributed by atoms with Gasteiger partial charge in [0.25, 0.3) is 5.91 Å². The van der Waals surface area contributed by atoms with Crippen LogP contribution in [0.25, 0.3) is 0 Å². The molecule has 0 saturated carbocycles. The van der Waals surface area contributed by atoms with Crippen molar-refractivity contribution in [3.8, 4) is 11.5 Å². The minimum Gasteiger partial charge on any atom is -0.497 e. The van der Waals surface area contributed by atoms with Crippen LogP contribution in [-0.4, -0.2) is 52.5 Å². The van der Waals surface area contributed by atoms with Crippen molar-refractivity contribution >= 4 is 40.7 Å². The Kier molecular flexibility index (Phi) is 9.69. The van der Waals surface area contributed by atoms with Crippen molar-refractivity contribution in [2.45, 2.75) is 38.8 Å². The summed E-state index contributed by atoms with van der Waals surface area (Å²) in [6.45, 7) is 2.85. The predicted molar refractivity (Wildman–Crippen MR) is 156 cm³/mol. The van der Waals surface area contributed by atoms with Crippen LogP contribution in [-0.2, 0) is 27.3 Å². The number of hydrogen-bond acceptors (Lipinski definition) is 6. The lowest BCUT2D eigenvalue weighted by molar-refractivity contribution is -0.132. The Morgan fingerprint density at radius 2 is 1.57 bits per heavy atom. The molecule has 1 heterocycles. The highest BCUT2D eigenvalue weighted by Gasteiger charge is 2.44. The molecule has 1 saturated heterocycles. The van der Waals surface area contributed by atoms with Crippen LogP contribution in [0.5, 0.6) is 11.5 Å². The van der Waals surface area contributed by atoms with Gasteiger partial charge in [-0.15, -0.1) is 0 Å². The number of carbonyl (C=O) groups is 3. The number of amides is 3. The molecule has 3 aromatic carbocycles. The third kappa shape index (κ3) is 7.35. The molecule has 208 valence electrons. The Hall–Kier alpha value is -4.44. The summed E-state index contributed by atoms with van der Waals surface area (Å²) in [5.74, 6) is 0.270. The molecule has 4 rings (SSSR count). The van der Waals surface area contributed by atoms with E-state index in [1.807, 2.05) is 37.3 Å². The summed E-state index contributed by atoms with van der Waals surface area (Å²) in [5.41, 5.74) is 4.96. The lowest BCUT2D eigenvalue weighted by Crippen LogP contribution is -2.50. The fourth-order valence-electron chi connectivity index (χ4n) is 4.21. The van der Waals surface area contributed by atoms with Gasteiger partial charge in [-0.3, -0.25) is 24.7 Å². The summed E-state index contributed by atoms with van der Waals surface area (Å²) >= 11 is 5.62. The molecule has 40 heavy (non-hydrogen) atoms. The minimum absolute atomic E-state index is 0.0569. The maximum Gasteiger partial charge on any atom is 0.254 e. The summed E-state index contributed by atoms with van der Waals surface area (Å²) < 4.78 is 10.8. The number of hydrazine groups is 1. The van der Waals surface area contributed by atoms with Gasteiger partial charge in [0, 0.05) is 5.69 Å². The van der Waals surface area contributed by atoms with Crippen LogP contribution in [0.1, 0.15) is 30.9 Å². The Morgan fingerprint density at radius 1 is 0.900 bits per heavy atom. The minimum atomic E-state index is -0.997. The lowest BCUT2D eigenvalue weighted by atomic mass is 10.1. The quantitative estimate of drug-likeness (QED) is 0.322. The molecule has 0 aromatic heterocycles. The molecule has 10 heteroatoms. The van der Waals surface area contributed by atoms with Gasteiger partial charge < -0.3 is 14.8 Å². The number of nitrogens with zero attached hydrogens (tertiary/aromatic N) is 2. The Morgan fingerprint density at radius 3 is 2.23 bits per heavy atom. The third-order valence-electron chi connectivity index (χ3n) is 6.24. The number of ether oxygens (including phenoxy) is 2. The van der Waals surface area contributed by atoms with E-state index >= 15 is 0 Å². The fraction of sp³-hybridized carbons (Fsp3) is 0.267. The van der Waals surface area contributed by atoms with Gasteiger partial charge in [0.1, 0.15) is 17.5 Å². The number of hydrogen-bond donors (Lipinski definition) is 2. The predicted octanol–water partition coefficient (Wildman–Crippen LogP) is 4.08. The second kappa shape index (κ2) is 13.6. The Balaban J connectivity index is 1.47. The van der Waals surface area contributed by atoms with E-state index < -0.39 is 6.04 Å². The second-order valence-electron chi connectivity index (χ2n) is 9.26. The van der Waals surface area contributed by atoms with Crippen LogP contribution in [0, 0.1) is 0 Å². The van der Waals surface area contributed by atoms with Crippen molar-refractivity contribution in [3.63, 3.8) is 0 Å². The molecule has 3 aromatic rings. The topological polar surface area (TPSA) is 100 Å². The number of rotatable bonds is 12. The van der Waals surface area contributed by atoms with Crippen LogP contribution < -0.4 is 20.2 Å². The van der Waals surface area contributed by atoms with E-state index in [0.717, 1.165) is 17.5 Å². The van der Waals surface area contributed by atoms with Crippen molar-refractivity contribution < 1.29 is 23.9 Å². The first-order valence-corrected chi connectivity index (χ1v) is 13.4. The fourth-order valence-corrected chi connectivity index (χ4v) is 4.54. The maximum absolute atomic E-state index is 13.5. The van der Waals surface area contributed by atoms with Gasteiger partial charge in [-0.2, -0.15) is 0 Å². The number of methoxy groups -OCH3 is 1. The summed E-state index contributed by atoms with van der Waals surface area (Å²) in [7, 11) is 1.57. The summed E-state index contributed by atoms with van der Waals surface area (Å²) in [6, 6.07) is 22.5. The van der Waals surface area contributed by atoms with Gasteiger partial charge in [0.05, 0.1) is 33.1 Å². The molecule has 3 amide bonds. The largest absolute Gasteiger partial charge is 0.497 e. The van der Waals surface area contributed by atoms with Gasteiger partial charge in [0.2, 0.25) is 11.8 Å². The number of benzene rings is 3. The number of carbonyl (C=O) groups excluding carboxylic acids is 3. The number of anilines is 1. The Labute approximate surface area is 239 Å². The van der Waals surface area contributed by atoms with Crippen molar-refractivity contribution in [2.75, 3.05) is 19.0 Å². The van der Waals surface area contributed by atoms with Gasteiger partial charge in [-0.05, 0) is 66.2 Å². The zero-order valence-electron chi connectivity index (χ0n) is 22.5. The number of nitrogens with one attached hydrogen (secondary N) is 2. The van der Waals surface area contributed by atoms with Crippen LogP contribution in [0.2, 0.25) is 0 Å². The third-order valence-corrected chi connectivity index (χ3v) is 6.66. The van der Waals surface area contributed by atoms with Crippen molar-refractivity contribution in [1.82, 2.24) is 15.3 Å². The highest BCUT2D eigenvalue weighted by atomic mass is 32.1. The summed E-state index contributed by atoms with van der Waals surface area (Å²) in [6.07, 6.45) is 0.743. The van der Waals surface area contributed by atoms with E-state index in [9.17, 15) is 14.4 Å². The summed E-state index contributed by atoms with van der Waals surface area (Å²) in [4.78, 5) is 40.9. The first-order chi connectivity index (χ1) is 19.4. The molecule has 0 bridgehead atoms. The normalized spacial score (nSPS) is 14.7. The van der Waals surface area contributed by atoms with E-state index in [1.165, 1.54) is 9.91 Å². The van der Waals surface area contributed by atoms with E-state index in [2.05, 4.69) is 10.7 Å².